The monoisotopic (exact) mass is 500 g/mol. The fourth-order valence-corrected chi connectivity index (χ4v) is 5.98. The lowest BCUT2D eigenvalue weighted by Gasteiger charge is -2.35. The van der Waals surface area contributed by atoms with Crippen molar-refractivity contribution in [1.82, 2.24) is 20.1 Å². The van der Waals surface area contributed by atoms with E-state index in [9.17, 15) is 14.4 Å². The van der Waals surface area contributed by atoms with E-state index in [1.54, 1.807) is 20.0 Å². The molecule has 1 saturated carbocycles. The van der Waals surface area contributed by atoms with Gasteiger partial charge in [-0.05, 0) is 64.6 Å². The molecule has 0 unspecified atom stereocenters. The first-order valence-electron chi connectivity index (χ1n) is 12.9. The molecule has 1 saturated heterocycles. The van der Waals surface area contributed by atoms with Crippen LogP contribution in [0.4, 0.5) is 0 Å². The maximum absolute atomic E-state index is 13.9. The van der Waals surface area contributed by atoms with Gasteiger partial charge in [-0.3, -0.25) is 14.4 Å². The number of carbonyl (C=O) groups excluding carboxylic acids is 3. The number of ketones is 1. The number of carbonyl (C=O) groups is 3. The Balaban J connectivity index is 1.59. The molecule has 2 amide bonds. The number of likely N-dealkylation sites (N-methyl/N-ethyl adjacent to an activating group) is 1. The summed E-state index contributed by atoms with van der Waals surface area (Å²) in [4.78, 5) is 41.0. The van der Waals surface area contributed by atoms with Crippen molar-refractivity contribution in [2.75, 3.05) is 13.6 Å². The van der Waals surface area contributed by atoms with Crippen LogP contribution in [-0.4, -0.2) is 58.8 Å². The average Bonchev–Trinajstić information content (AvgIpc) is 3.48. The minimum atomic E-state index is -0.497. The van der Waals surface area contributed by atoms with Gasteiger partial charge in [0.25, 0.3) is 0 Å². The first kappa shape index (κ1) is 25.7. The third kappa shape index (κ3) is 5.41. The highest BCUT2D eigenvalue weighted by molar-refractivity contribution is 6.36. The van der Waals surface area contributed by atoms with Crippen molar-refractivity contribution in [3.8, 4) is 0 Å². The second-order valence-electron chi connectivity index (χ2n) is 10.1. The van der Waals surface area contributed by atoms with Crippen molar-refractivity contribution in [3.63, 3.8) is 0 Å². The first-order chi connectivity index (χ1) is 16.8. The topological polar surface area (TPSA) is 83.4 Å². The van der Waals surface area contributed by atoms with Crippen LogP contribution >= 0.6 is 11.6 Å². The molecule has 190 valence electrons. The van der Waals surface area contributed by atoms with Crippen LogP contribution in [0, 0.1) is 5.92 Å². The number of benzene rings is 1. The van der Waals surface area contributed by atoms with Crippen molar-refractivity contribution in [2.24, 2.45) is 5.92 Å². The van der Waals surface area contributed by atoms with E-state index < -0.39 is 6.04 Å². The summed E-state index contributed by atoms with van der Waals surface area (Å²) < 4.78 is 2.06. The molecule has 8 heteroatoms. The minimum absolute atomic E-state index is 0.00149. The summed E-state index contributed by atoms with van der Waals surface area (Å²) in [5.41, 5.74) is 1.51. The minimum Gasteiger partial charge on any atom is -0.345 e. The summed E-state index contributed by atoms with van der Waals surface area (Å²) in [6.45, 7) is 4.64. The van der Waals surface area contributed by atoms with E-state index in [0.717, 1.165) is 49.4 Å². The number of rotatable bonds is 8. The predicted molar refractivity (Wildman–Crippen MR) is 139 cm³/mol. The fourth-order valence-electron chi connectivity index (χ4n) is 5.71. The molecule has 2 aliphatic rings. The van der Waals surface area contributed by atoms with Gasteiger partial charge < -0.3 is 20.1 Å². The van der Waals surface area contributed by atoms with Gasteiger partial charge in [0.05, 0.1) is 16.6 Å². The molecule has 2 heterocycles. The zero-order valence-corrected chi connectivity index (χ0v) is 21.7. The Bertz CT molecular complexity index is 1090. The Morgan fingerprint density at radius 2 is 1.86 bits per heavy atom. The van der Waals surface area contributed by atoms with Crippen LogP contribution in [0.5, 0.6) is 0 Å². The summed E-state index contributed by atoms with van der Waals surface area (Å²) in [7, 11) is 1.75. The number of Topliss-reactive ketones (excluding diaryl/α,β-unsaturated/α-hetero) is 1. The second kappa shape index (κ2) is 11.1. The molecule has 2 aromatic rings. The van der Waals surface area contributed by atoms with Crippen molar-refractivity contribution in [1.29, 1.82) is 0 Å². The van der Waals surface area contributed by atoms with Gasteiger partial charge >= 0.3 is 0 Å². The number of hydrogen-bond acceptors (Lipinski definition) is 4. The van der Waals surface area contributed by atoms with E-state index in [4.69, 9.17) is 11.6 Å². The van der Waals surface area contributed by atoms with Crippen LogP contribution in [0.15, 0.2) is 24.4 Å². The smallest absolute Gasteiger partial charge is 0.245 e. The Hall–Kier alpha value is -2.38. The normalized spacial score (nSPS) is 20.7. The Labute approximate surface area is 212 Å². The maximum atomic E-state index is 13.9. The predicted octanol–water partition coefficient (Wildman–Crippen LogP) is 4.16. The summed E-state index contributed by atoms with van der Waals surface area (Å²) in [6.07, 6.45) is 8.99. The van der Waals surface area contributed by atoms with Crippen molar-refractivity contribution in [3.05, 3.63) is 35.0 Å². The summed E-state index contributed by atoms with van der Waals surface area (Å²) in [6, 6.07) is 4.81. The molecule has 0 bridgehead atoms. The van der Waals surface area contributed by atoms with E-state index in [-0.39, 0.29) is 35.6 Å². The number of halogens is 1. The van der Waals surface area contributed by atoms with Gasteiger partial charge in [0.2, 0.25) is 11.8 Å². The molecule has 1 aliphatic carbocycles. The van der Waals surface area contributed by atoms with Gasteiger partial charge in [0.15, 0.2) is 5.78 Å². The molecule has 7 nitrogen and oxygen atoms in total. The molecular formula is C27H37ClN4O3. The average molecular weight is 501 g/mol. The SMILES string of the molecule is CN[C@@H](C)C(=O)N[C@H](C(=O)N1CCC[C@H]1Cn1cc(C(C)=O)c2c(Cl)cccc21)C1CCCCC1. The van der Waals surface area contributed by atoms with Crippen molar-refractivity contribution < 1.29 is 14.4 Å². The van der Waals surface area contributed by atoms with Crippen LogP contribution in [-0.2, 0) is 16.1 Å². The molecule has 2 fully saturated rings. The molecule has 2 N–H and O–H groups in total. The molecule has 1 aromatic heterocycles. The zero-order chi connectivity index (χ0) is 25.1. The van der Waals surface area contributed by atoms with Crippen LogP contribution < -0.4 is 10.6 Å². The molecule has 4 rings (SSSR count). The standard InChI is InChI=1S/C27H37ClN4O3/c1-17(29-3)26(34)30-25(19-9-5-4-6-10-19)27(35)32-14-8-11-20(32)15-31-16-21(18(2)33)24-22(28)12-7-13-23(24)31/h7,12-13,16-17,19-20,25,29H,4-6,8-11,14-15H2,1-3H3,(H,30,34)/t17-,20-,25-/m0/s1. The molecule has 1 aromatic carbocycles. The van der Waals surface area contributed by atoms with Crippen LogP contribution in [0.3, 0.4) is 0 Å². The highest BCUT2D eigenvalue weighted by Crippen LogP contribution is 2.32. The zero-order valence-electron chi connectivity index (χ0n) is 21.0. The number of nitrogens with zero attached hydrogens (tertiary/aromatic N) is 2. The summed E-state index contributed by atoms with van der Waals surface area (Å²) >= 11 is 6.45. The molecule has 0 spiro atoms. The fraction of sp³-hybridized carbons (Fsp3) is 0.593. The third-order valence-corrected chi connectivity index (χ3v) is 8.13. The second-order valence-corrected chi connectivity index (χ2v) is 10.5. The number of hydrogen-bond donors (Lipinski definition) is 2. The van der Waals surface area contributed by atoms with E-state index in [1.807, 2.05) is 30.2 Å². The Morgan fingerprint density at radius 1 is 1.11 bits per heavy atom. The van der Waals surface area contributed by atoms with E-state index in [0.29, 0.717) is 23.7 Å². The quantitative estimate of drug-likeness (QED) is 0.533. The van der Waals surface area contributed by atoms with Crippen LogP contribution in [0.1, 0.15) is 69.2 Å². The van der Waals surface area contributed by atoms with Gasteiger partial charge in [0, 0.05) is 36.3 Å². The molecule has 3 atom stereocenters. The number of fused-ring (bicyclic) bond motifs is 1. The van der Waals surface area contributed by atoms with Gasteiger partial charge in [-0.1, -0.05) is 36.9 Å². The van der Waals surface area contributed by atoms with Crippen LogP contribution in [0.2, 0.25) is 5.02 Å². The van der Waals surface area contributed by atoms with Crippen molar-refractivity contribution in [2.45, 2.75) is 83.5 Å². The molecule has 35 heavy (non-hydrogen) atoms. The van der Waals surface area contributed by atoms with Gasteiger partial charge in [-0.25, -0.2) is 0 Å². The number of likely N-dealkylation sites (tertiary alicyclic amines) is 1. The molecular weight excluding hydrogens is 464 g/mol. The lowest BCUT2D eigenvalue weighted by Crippen LogP contribution is -2.56. The number of aromatic nitrogens is 1. The third-order valence-electron chi connectivity index (χ3n) is 7.81. The number of nitrogens with one attached hydrogen (secondary N) is 2. The van der Waals surface area contributed by atoms with Crippen LogP contribution in [0.25, 0.3) is 10.9 Å². The van der Waals surface area contributed by atoms with E-state index in [1.165, 1.54) is 6.42 Å². The van der Waals surface area contributed by atoms with Gasteiger partial charge in [-0.15, -0.1) is 0 Å². The molecule has 0 radical (unpaired) electrons. The van der Waals surface area contributed by atoms with Crippen molar-refractivity contribution >= 4 is 40.1 Å². The van der Waals surface area contributed by atoms with E-state index >= 15 is 0 Å². The first-order valence-corrected chi connectivity index (χ1v) is 13.3. The highest BCUT2D eigenvalue weighted by atomic mass is 35.5. The Kier molecular flexibility index (Phi) is 8.17. The van der Waals surface area contributed by atoms with Gasteiger partial charge in [0.1, 0.15) is 6.04 Å². The highest BCUT2D eigenvalue weighted by Gasteiger charge is 2.38. The lowest BCUT2D eigenvalue weighted by atomic mass is 9.83. The Morgan fingerprint density at radius 3 is 2.54 bits per heavy atom. The molecule has 1 aliphatic heterocycles. The van der Waals surface area contributed by atoms with E-state index in [2.05, 4.69) is 15.2 Å². The maximum Gasteiger partial charge on any atom is 0.245 e. The van der Waals surface area contributed by atoms with Gasteiger partial charge in [-0.2, -0.15) is 0 Å². The summed E-state index contributed by atoms with van der Waals surface area (Å²) in [5, 5.41) is 7.40. The summed E-state index contributed by atoms with van der Waals surface area (Å²) in [5.74, 6) is 0.0302. The lowest BCUT2D eigenvalue weighted by molar-refractivity contribution is -0.139. The number of amides is 2. The largest absolute Gasteiger partial charge is 0.345 e.